The first-order valence-corrected chi connectivity index (χ1v) is 8.92. The Kier molecular flexibility index (Phi) is 4.68. The first-order valence-electron chi connectivity index (χ1n) is 8.16. The molecule has 0 radical (unpaired) electrons. The molecule has 0 fully saturated rings. The summed E-state index contributed by atoms with van der Waals surface area (Å²) in [7, 11) is 0. The zero-order chi connectivity index (χ0) is 19.0. The fourth-order valence-electron chi connectivity index (χ4n) is 2.82. The molecule has 0 aliphatic carbocycles. The van der Waals surface area contributed by atoms with Crippen molar-refractivity contribution in [2.75, 3.05) is 18.5 Å². The summed E-state index contributed by atoms with van der Waals surface area (Å²) in [6, 6.07) is 10.3. The van der Waals surface area contributed by atoms with E-state index in [0.29, 0.717) is 57.5 Å². The van der Waals surface area contributed by atoms with Crippen LogP contribution in [0.1, 0.15) is 16.1 Å². The Labute approximate surface area is 165 Å². The minimum atomic E-state index is -0.415. The summed E-state index contributed by atoms with van der Waals surface area (Å²) in [5.41, 5.74) is 1.66. The highest BCUT2D eigenvalue weighted by Crippen LogP contribution is 2.38. The minimum Gasteiger partial charge on any atom is -0.486 e. The van der Waals surface area contributed by atoms with E-state index in [1.807, 2.05) is 6.07 Å². The van der Waals surface area contributed by atoms with Gasteiger partial charge in [0.05, 0.1) is 15.7 Å². The van der Waals surface area contributed by atoms with Crippen molar-refractivity contribution in [3.05, 3.63) is 57.8 Å². The molecule has 2 aromatic carbocycles. The number of ether oxygens (including phenoxy) is 2. The van der Waals surface area contributed by atoms with Crippen molar-refractivity contribution in [3.8, 4) is 22.8 Å². The molecule has 0 atom stereocenters. The van der Waals surface area contributed by atoms with Crippen molar-refractivity contribution in [2.24, 2.45) is 0 Å². The number of amides is 1. The van der Waals surface area contributed by atoms with Gasteiger partial charge in [-0.25, -0.2) is 0 Å². The number of nitrogens with zero attached hydrogens (tertiary/aromatic N) is 1. The highest BCUT2D eigenvalue weighted by atomic mass is 35.5. The number of nitrogens with one attached hydrogen (secondary N) is 1. The van der Waals surface area contributed by atoms with Crippen molar-refractivity contribution in [2.45, 2.75) is 6.92 Å². The van der Waals surface area contributed by atoms with Crippen LogP contribution >= 0.6 is 23.2 Å². The van der Waals surface area contributed by atoms with Gasteiger partial charge in [-0.2, -0.15) is 0 Å². The third-order valence-electron chi connectivity index (χ3n) is 4.10. The van der Waals surface area contributed by atoms with E-state index in [-0.39, 0.29) is 5.56 Å². The summed E-state index contributed by atoms with van der Waals surface area (Å²) in [5.74, 6) is 1.02. The molecular formula is C19H14Cl2N2O4. The Bertz CT molecular complexity index is 1030. The minimum absolute atomic E-state index is 0.286. The molecule has 1 amide bonds. The molecule has 1 aliphatic heterocycles. The molecule has 0 bridgehead atoms. The monoisotopic (exact) mass is 404 g/mol. The van der Waals surface area contributed by atoms with E-state index in [0.717, 1.165) is 0 Å². The number of carbonyl (C=O) groups excluding carboxylic acids is 1. The molecule has 0 saturated heterocycles. The molecule has 138 valence electrons. The number of halogens is 2. The molecule has 6 nitrogen and oxygen atoms in total. The summed E-state index contributed by atoms with van der Waals surface area (Å²) in [4.78, 5) is 12.9. The highest BCUT2D eigenvalue weighted by Gasteiger charge is 2.24. The van der Waals surface area contributed by atoms with Gasteiger partial charge in [0.2, 0.25) is 0 Å². The van der Waals surface area contributed by atoms with E-state index >= 15 is 0 Å². The second kappa shape index (κ2) is 7.13. The lowest BCUT2D eigenvalue weighted by Crippen LogP contribution is -2.17. The topological polar surface area (TPSA) is 73.6 Å². The molecule has 1 N–H and O–H groups in total. The van der Waals surface area contributed by atoms with Crippen LogP contribution < -0.4 is 14.8 Å². The number of fused-ring (bicyclic) bond motifs is 1. The lowest BCUT2D eigenvalue weighted by Gasteiger charge is -2.20. The van der Waals surface area contributed by atoms with Crippen LogP contribution in [0.3, 0.4) is 0 Å². The molecule has 2 heterocycles. The maximum absolute atomic E-state index is 12.9. The predicted octanol–water partition coefficient (Wildman–Crippen LogP) is 4.98. The Morgan fingerprint density at radius 2 is 1.78 bits per heavy atom. The highest BCUT2D eigenvalue weighted by molar-refractivity contribution is 6.34. The van der Waals surface area contributed by atoms with Gasteiger partial charge in [0.25, 0.3) is 5.91 Å². The Morgan fingerprint density at radius 3 is 2.52 bits per heavy atom. The van der Waals surface area contributed by atoms with Crippen LogP contribution in [0.25, 0.3) is 11.3 Å². The third-order valence-corrected chi connectivity index (χ3v) is 4.74. The van der Waals surface area contributed by atoms with Crippen LogP contribution in [0.15, 0.2) is 40.9 Å². The molecule has 4 rings (SSSR count). The number of hydrogen-bond donors (Lipinski definition) is 1. The van der Waals surface area contributed by atoms with E-state index in [4.69, 9.17) is 37.2 Å². The van der Waals surface area contributed by atoms with Crippen LogP contribution in [-0.2, 0) is 0 Å². The number of rotatable bonds is 3. The zero-order valence-electron chi connectivity index (χ0n) is 14.2. The lowest BCUT2D eigenvalue weighted by molar-refractivity contribution is 0.102. The molecule has 8 heteroatoms. The van der Waals surface area contributed by atoms with Crippen molar-refractivity contribution in [1.29, 1.82) is 0 Å². The predicted molar refractivity (Wildman–Crippen MR) is 102 cm³/mol. The average Bonchev–Trinajstić information content (AvgIpc) is 3.04. The fraction of sp³-hybridized carbons (Fsp3) is 0.158. The second-order valence-corrected chi connectivity index (χ2v) is 6.69. The van der Waals surface area contributed by atoms with Crippen LogP contribution in [0.5, 0.6) is 11.5 Å². The number of aryl methyl sites for hydroxylation is 1. The molecule has 3 aromatic rings. The van der Waals surface area contributed by atoms with Gasteiger partial charge < -0.3 is 19.3 Å². The largest absolute Gasteiger partial charge is 0.486 e. The van der Waals surface area contributed by atoms with Gasteiger partial charge in [0.15, 0.2) is 11.5 Å². The number of benzene rings is 2. The molecular weight excluding hydrogens is 391 g/mol. The first-order chi connectivity index (χ1) is 13.0. The van der Waals surface area contributed by atoms with Gasteiger partial charge in [0, 0.05) is 17.7 Å². The van der Waals surface area contributed by atoms with Crippen molar-refractivity contribution in [3.63, 3.8) is 0 Å². The van der Waals surface area contributed by atoms with Crippen LogP contribution in [0.2, 0.25) is 10.0 Å². The Hall–Kier alpha value is -2.70. The summed E-state index contributed by atoms with van der Waals surface area (Å²) < 4.78 is 16.3. The quantitative estimate of drug-likeness (QED) is 0.665. The van der Waals surface area contributed by atoms with Crippen LogP contribution in [-0.4, -0.2) is 24.3 Å². The molecule has 1 aliphatic rings. The first kappa shape index (κ1) is 17.7. The van der Waals surface area contributed by atoms with E-state index in [1.165, 1.54) is 0 Å². The SMILES string of the molecule is Cc1onc(-c2ccccc2Cl)c1C(=O)Nc1cc2c(cc1Cl)OCCO2. The molecule has 0 unspecified atom stereocenters. The smallest absolute Gasteiger partial charge is 0.261 e. The average molecular weight is 405 g/mol. The number of carbonyl (C=O) groups is 1. The van der Waals surface area contributed by atoms with Gasteiger partial charge in [0.1, 0.15) is 30.2 Å². The molecule has 0 spiro atoms. The third kappa shape index (κ3) is 3.34. The summed E-state index contributed by atoms with van der Waals surface area (Å²) >= 11 is 12.5. The number of aromatic nitrogens is 1. The van der Waals surface area contributed by atoms with Gasteiger partial charge in [-0.05, 0) is 13.0 Å². The standard InChI is InChI=1S/C19H14Cl2N2O4/c1-10-17(18(23-27-10)11-4-2-3-5-12(11)20)19(24)22-14-9-16-15(8-13(14)21)25-6-7-26-16/h2-5,8-9H,6-7H2,1H3,(H,22,24). The number of hydrogen-bond acceptors (Lipinski definition) is 5. The molecule has 1 aromatic heterocycles. The Balaban J connectivity index is 1.69. The lowest BCUT2D eigenvalue weighted by atomic mass is 10.1. The van der Waals surface area contributed by atoms with Gasteiger partial charge in [-0.1, -0.05) is 46.6 Å². The summed E-state index contributed by atoms with van der Waals surface area (Å²) in [6.45, 7) is 2.55. The normalized spacial score (nSPS) is 12.7. The maximum Gasteiger partial charge on any atom is 0.261 e. The molecule has 0 saturated carbocycles. The molecule has 27 heavy (non-hydrogen) atoms. The van der Waals surface area contributed by atoms with Gasteiger partial charge in [-0.3, -0.25) is 4.79 Å². The maximum atomic E-state index is 12.9. The number of anilines is 1. The van der Waals surface area contributed by atoms with Crippen LogP contribution in [0.4, 0.5) is 5.69 Å². The van der Waals surface area contributed by atoms with E-state index in [2.05, 4.69) is 10.5 Å². The Morgan fingerprint density at radius 1 is 1.07 bits per heavy atom. The zero-order valence-corrected chi connectivity index (χ0v) is 15.7. The summed E-state index contributed by atoms with van der Waals surface area (Å²) in [6.07, 6.45) is 0. The van der Waals surface area contributed by atoms with Crippen LogP contribution in [0, 0.1) is 6.92 Å². The van der Waals surface area contributed by atoms with Crippen molar-refractivity contribution >= 4 is 34.8 Å². The van der Waals surface area contributed by atoms with Gasteiger partial charge >= 0.3 is 0 Å². The van der Waals surface area contributed by atoms with Crippen molar-refractivity contribution < 1.29 is 18.8 Å². The summed E-state index contributed by atoms with van der Waals surface area (Å²) in [5, 5.41) is 7.59. The second-order valence-electron chi connectivity index (χ2n) is 5.87. The fourth-order valence-corrected chi connectivity index (χ4v) is 3.25. The van der Waals surface area contributed by atoms with E-state index in [1.54, 1.807) is 37.3 Å². The van der Waals surface area contributed by atoms with E-state index in [9.17, 15) is 4.79 Å². The van der Waals surface area contributed by atoms with Gasteiger partial charge in [-0.15, -0.1) is 0 Å². The van der Waals surface area contributed by atoms with Crippen molar-refractivity contribution in [1.82, 2.24) is 5.16 Å². The van der Waals surface area contributed by atoms with E-state index < -0.39 is 5.91 Å².